The number of para-hydroxylation sites is 1. The average Bonchev–Trinajstić information content (AvgIpc) is 3.25. The zero-order chi connectivity index (χ0) is 18.1. The number of hydrogen-bond acceptors (Lipinski definition) is 4. The molecule has 6 heteroatoms. The lowest BCUT2D eigenvalue weighted by atomic mass is 10.2. The molecule has 4 aromatic rings. The zero-order valence-corrected chi connectivity index (χ0v) is 15.6. The van der Waals surface area contributed by atoms with Gasteiger partial charge in [0.1, 0.15) is 22.6 Å². The van der Waals surface area contributed by atoms with Gasteiger partial charge < -0.3 is 4.42 Å². The maximum absolute atomic E-state index is 9.53. The molecule has 0 saturated heterocycles. The molecule has 2 aromatic carbocycles. The van der Waals surface area contributed by atoms with Crippen LogP contribution in [0.5, 0.6) is 0 Å². The third kappa shape index (κ3) is 3.38. The molecule has 0 fully saturated rings. The van der Waals surface area contributed by atoms with Crippen LogP contribution in [0.1, 0.15) is 10.8 Å². The highest BCUT2D eigenvalue weighted by Crippen LogP contribution is 2.31. The van der Waals surface area contributed by atoms with Gasteiger partial charge in [0.15, 0.2) is 0 Å². The Kier molecular flexibility index (Phi) is 4.52. The molecule has 0 amide bonds. The van der Waals surface area contributed by atoms with E-state index in [-0.39, 0.29) is 0 Å². The quantitative estimate of drug-likeness (QED) is 0.352. The first-order valence-electron chi connectivity index (χ1n) is 7.66. The van der Waals surface area contributed by atoms with Crippen molar-refractivity contribution >= 4 is 56.4 Å². The molecule has 2 heterocycles. The van der Waals surface area contributed by atoms with Gasteiger partial charge >= 0.3 is 0 Å². The van der Waals surface area contributed by atoms with E-state index in [0.29, 0.717) is 32.1 Å². The van der Waals surface area contributed by atoms with Crippen LogP contribution in [0, 0.1) is 11.3 Å². The first kappa shape index (κ1) is 16.9. The van der Waals surface area contributed by atoms with Crippen LogP contribution in [0.15, 0.2) is 59.0 Å². The number of aromatic nitrogens is 1. The van der Waals surface area contributed by atoms with Crippen LogP contribution in [0.2, 0.25) is 10.0 Å². The minimum Gasteiger partial charge on any atom is -0.457 e. The second-order valence-corrected chi connectivity index (χ2v) is 7.42. The Labute approximate surface area is 163 Å². The lowest BCUT2D eigenvalue weighted by Crippen LogP contribution is -1.79. The van der Waals surface area contributed by atoms with Gasteiger partial charge in [-0.25, -0.2) is 4.98 Å². The molecule has 2 aromatic heterocycles. The van der Waals surface area contributed by atoms with E-state index in [9.17, 15) is 5.26 Å². The second-order valence-electron chi connectivity index (χ2n) is 5.52. The lowest BCUT2D eigenvalue weighted by molar-refractivity contribution is 0.572. The molecule has 0 unspecified atom stereocenters. The van der Waals surface area contributed by atoms with Crippen LogP contribution in [-0.2, 0) is 0 Å². The van der Waals surface area contributed by atoms with Crippen molar-refractivity contribution in [1.82, 2.24) is 4.98 Å². The standard InChI is InChI=1S/C20H10Cl2N2OS/c21-14-7-12(8-15(22)10-14)18-6-5-16(25-18)9-13(11-23)20-24-17-3-1-2-4-19(17)26-20/h1-10H/b13-9+. The first-order chi connectivity index (χ1) is 12.6. The Bertz CT molecular complexity index is 1130. The van der Waals surface area contributed by atoms with Crippen molar-refractivity contribution < 1.29 is 4.42 Å². The minimum absolute atomic E-state index is 0.455. The highest BCUT2D eigenvalue weighted by Gasteiger charge is 2.11. The molecular weight excluding hydrogens is 387 g/mol. The average molecular weight is 397 g/mol. The van der Waals surface area contributed by atoms with E-state index in [1.807, 2.05) is 30.3 Å². The van der Waals surface area contributed by atoms with E-state index in [2.05, 4.69) is 11.1 Å². The molecule has 3 nitrogen and oxygen atoms in total. The molecule has 0 bridgehead atoms. The summed E-state index contributed by atoms with van der Waals surface area (Å²) in [5, 5.41) is 11.3. The Morgan fingerprint density at radius 3 is 2.58 bits per heavy atom. The number of benzene rings is 2. The van der Waals surface area contributed by atoms with Crippen LogP contribution in [0.3, 0.4) is 0 Å². The second kappa shape index (κ2) is 6.97. The molecule has 0 N–H and O–H groups in total. The molecule has 26 heavy (non-hydrogen) atoms. The van der Waals surface area contributed by atoms with Gasteiger partial charge in [0, 0.05) is 21.7 Å². The Balaban J connectivity index is 1.70. The molecule has 0 saturated carbocycles. The number of furan rings is 1. The summed E-state index contributed by atoms with van der Waals surface area (Å²) >= 11 is 13.6. The fourth-order valence-electron chi connectivity index (χ4n) is 2.55. The summed E-state index contributed by atoms with van der Waals surface area (Å²) in [5.41, 5.74) is 2.11. The summed E-state index contributed by atoms with van der Waals surface area (Å²) in [6, 6.07) is 18.8. The summed E-state index contributed by atoms with van der Waals surface area (Å²) in [6.45, 7) is 0. The predicted molar refractivity (Wildman–Crippen MR) is 107 cm³/mol. The maximum Gasteiger partial charge on any atom is 0.135 e. The van der Waals surface area contributed by atoms with Gasteiger partial charge in [-0.1, -0.05) is 35.3 Å². The summed E-state index contributed by atoms with van der Waals surface area (Å²) in [4.78, 5) is 4.52. The molecule has 0 atom stereocenters. The van der Waals surface area contributed by atoms with Crippen molar-refractivity contribution in [1.29, 1.82) is 5.26 Å². The van der Waals surface area contributed by atoms with Crippen molar-refractivity contribution in [2.45, 2.75) is 0 Å². The number of thiazole rings is 1. The van der Waals surface area contributed by atoms with E-state index in [1.54, 1.807) is 30.3 Å². The Morgan fingerprint density at radius 1 is 1.08 bits per heavy atom. The number of fused-ring (bicyclic) bond motifs is 1. The van der Waals surface area contributed by atoms with E-state index in [4.69, 9.17) is 27.6 Å². The first-order valence-corrected chi connectivity index (χ1v) is 9.24. The van der Waals surface area contributed by atoms with Crippen molar-refractivity contribution in [3.05, 3.63) is 75.4 Å². The number of rotatable bonds is 3. The highest BCUT2D eigenvalue weighted by atomic mass is 35.5. The van der Waals surface area contributed by atoms with E-state index >= 15 is 0 Å². The third-order valence-electron chi connectivity index (χ3n) is 3.71. The SMILES string of the molecule is N#C/C(=C\c1ccc(-c2cc(Cl)cc(Cl)c2)o1)c1nc2ccccc2s1. The Morgan fingerprint density at radius 2 is 1.85 bits per heavy atom. The van der Waals surface area contributed by atoms with Crippen molar-refractivity contribution in [3.8, 4) is 17.4 Å². The number of halogens is 2. The largest absolute Gasteiger partial charge is 0.457 e. The van der Waals surface area contributed by atoms with Crippen LogP contribution in [-0.4, -0.2) is 4.98 Å². The van der Waals surface area contributed by atoms with Gasteiger partial charge in [-0.15, -0.1) is 11.3 Å². The third-order valence-corrected chi connectivity index (χ3v) is 5.21. The molecule has 0 radical (unpaired) electrons. The molecular formula is C20H10Cl2N2OS. The van der Waals surface area contributed by atoms with Crippen LogP contribution >= 0.6 is 34.5 Å². The normalized spacial score (nSPS) is 11.7. The topological polar surface area (TPSA) is 49.8 Å². The maximum atomic E-state index is 9.53. The van der Waals surface area contributed by atoms with Crippen LogP contribution < -0.4 is 0 Å². The number of nitrogens with zero attached hydrogens (tertiary/aromatic N) is 2. The fraction of sp³-hybridized carbons (Fsp3) is 0. The summed E-state index contributed by atoms with van der Waals surface area (Å²) in [6.07, 6.45) is 1.69. The monoisotopic (exact) mass is 396 g/mol. The number of allylic oxidation sites excluding steroid dienone is 1. The highest BCUT2D eigenvalue weighted by molar-refractivity contribution is 7.19. The predicted octanol–water partition coefficient (Wildman–Crippen LogP) is 6.93. The van der Waals surface area contributed by atoms with Crippen molar-refractivity contribution in [3.63, 3.8) is 0 Å². The van der Waals surface area contributed by atoms with Gasteiger partial charge in [-0.3, -0.25) is 0 Å². The molecule has 0 aliphatic heterocycles. The summed E-state index contributed by atoms with van der Waals surface area (Å²) in [5.74, 6) is 1.19. The van der Waals surface area contributed by atoms with Crippen molar-refractivity contribution in [2.24, 2.45) is 0 Å². The minimum atomic E-state index is 0.455. The molecule has 0 aliphatic carbocycles. The summed E-state index contributed by atoms with van der Waals surface area (Å²) < 4.78 is 6.88. The van der Waals surface area contributed by atoms with E-state index < -0.39 is 0 Å². The van der Waals surface area contributed by atoms with Gasteiger partial charge in [0.25, 0.3) is 0 Å². The Hall–Kier alpha value is -2.58. The zero-order valence-electron chi connectivity index (χ0n) is 13.2. The fourth-order valence-corrected chi connectivity index (χ4v) is 4.01. The van der Waals surface area contributed by atoms with E-state index in [1.165, 1.54) is 11.3 Å². The van der Waals surface area contributed by atoms with Crippen LogP contribution in [0.4, 0.5) is 0 Å². The molecule has 126 valence electrons. The van der Waals surface area contributed by atoms with Crippen molar-refractivity contribution in [2.75, 3.05) is 0 Å². The smallest absolute Gasteiger partial charge is 0.135 e. The van der Waals surface area contributed by atoms with E-state index in [0.717, 1.165) is 15.8 Å². The van der Waals surface area contributed by atoms with Gasteiger partial charge in [-0.2, -0.15) is 5.26 Å². The molecule has 4 rings (SSSR count). The molecule has 0 aliphatic rings. The lowest BCUT2D eigenvalue weighted by Gasteiger charge is -1.99. The van der Waals surface area contributed by atoms with Gasteiger partial charge in [-0.05, 0) is 42.5 Å². The summed E-state index contributed by atoms with van der Waals surface area (Å²) in [7, 11) is 0. The van der Waals surface area contributed by atoms with Crippen LogP contribution in [0.25, 0.3) is 33.2 Å². The van der Waals surface area contributed by atoms with Gasteiger partial charge in [0.05, 0.1) is 15.8 Å². The molecule has 0 spiro atoms. The number of nitriles is 1. The number of hydrogen-bond donors (Lipinski definition) is 0. The van der Waals surface area contributed by atoms with Gasteiger partial charge in [0.2, 0.25) is 0 Å².